The van der Waals surface area contributed by atoms with E-state index in [1.807, 2.05) is 6.07 Å². The molecular weight excluding hydrogens is 816 g/mol. The normalized spacial score (nSPS) is 25.8. The van der Waals surface area contributed by atoms with E-state index in [4.69, 9.17) is 42.4 Å². The summed E-state index contributed by atoms with van der Waals surface area (Å²) in [5.74, 6) is -2.95. The monoisotopic (exact) mass is 873 g/mol. The van der Waals surface area contributed by atoms with Crippen molar-refractivity contribution < 1.29 is 85.2 Å². The Morgan fingerprint density at radius 1 is 0.783 bits per heavy atom. The smallest absolute Gasteiger partial charge is 0.463 e. The van der Waals surface area contributed by atoms with Gasteiger partial charge in [0.2, 0.25) is 5.91 Å². The molecule has 3 rings (SSSR count). The third-order valence-corrected chi connectivity index (χ3v) is 10.3. The number of ether oxygens (including phenoxy) is 8. The first-order chi connectivity index (χ1) is 28.5. The van der Waals surface area contributed by atoms with Crippen molar-refractivity contribution in [2.75, 3.05) is 40.0 Å². The van der Waals surface area contributed by atoms with E-state index in [9.17, 15) is 38.2 Å². The van der Waals surface area contributed by atoms with Gasteiger partial charge in [0.05, 0.1) is 0 Å². The highest BCUT2D eigenvalue weighted by Crippen LogP contribution is 2.48. The van der Waals surface area contributed by atoms with Gasteiger partial charge in [-0.1, -0.05) is 30.3 Å². The van der Waals surface area contributed by atoms with Gasteiger partial charge in [-0.25, -0.2) is 14.2 Å². The second-order valence-corrected chi connectivity index (χ2v) is 15.6. The number of unbranched alkanes of at least 4 members (excludes halogenated alkanes) is 2. The van der Waals surface area contributed by atoms with Crippen LogP contribution < -0.4 is 16.0 Å². The molecule has 3 amide bonds. The Bertz CT molecular complexity index is 1610. The Morgan fingerprint density at radius 3 is 2.05 bits per heavy atom. The van der Waals surface area contributed by atoms with Crippen molar-refractivity contribution in [3.05, 3.63) is 35.9 Å². The van der Waals surface area contributed by atoms with Crippen LogP contribution in [0.3, 0.4) is 0 Å². The number of hydrogen-bond acceptors (Lipinski definition) is 17. The summed E-state index contributed by atoms with van der Waals surface area (Å²) in [5, 5.41) is 8.19. The van der Waals surface area contributed by atoms with Gasteiger partial charge in [-0.2, -0.15) is 0 Å². The first kappa shape index (κ1) is 50.1. The van der Waals surface area contributed by atoms with E-state index < -0.39 is 98.6 Å². The topological polar surface area (TPSA) is 268 Å². The number of rotatable bonds is 23. The van der Waals surface area contributed by atoms with Crippen molar-refractivity contribution in [3.63, 3.8) is 0 Å². The maximum absolute atomic E-state index is 12.5. The van der Waals surface area contributed by atoms with Crippen LogP contribution in [0.4, 0.5) is 9.59 Å². The second kappa shape index (κ2) is 25.5. The molecule has 2 aliphatic heterocycles. The first-order valence-electron chi connectivity index (χ1n) is 19.6. The molecule has 336 valence electrons. The number of nitrogens with one attached hydrogen (secondary N) is 3. The molecule has 4 N–H and O–H groups in total. The zero-order chi connectivity index (χ0) is 44.2. The lowest BCUT2D eigenvalue weighted by atomic mass is 9.82. The van der Waals surface area contributed by atoms with Crippen LogP contribution in [0.1, 0.15) is 65.4 Å². The van der Waals surface area contributed by atoms with Gasteiger partial charge in [0, 0.05) is 66.4 Å². The molecule has 60 heavy (non-hydrogen) atoms. The van der Waals surface area contributed by atoms with Gasteiger partial charge in [0.25, 0.3) is 0 Å². The van der Waals surface area contributed by atoms with Crippen LogP contribution in [0.5, 0.6) is 0 Å². The van der Waals surface area contributed by atoms with E-state index in [1.165, 1.54) is 13.8 Å². The molecule has 10 atom stereocenters. The molecule has 21 nitrogen and oxygen atoms in total. The van der Waals surface area contributed by atoms with Gasteiger partial charge in [-0.3, -0.25) is 28.2 Å². The molecule has 2 fully saturated rings. The number of benzene rings is 1. The van der Waals surface area contributed by atoms with Gasteiger partial charge < -0.3 is 58.7 Å². The van der Waals surface area contributed by atoms with Gasteiger partial charge in [0.15, 0.2) is 18.5 Å². The molecule has 1 aromatic carbocycles. The minimum atomic E-state index is -4.45. The van der Waals surface area contributed by atoms with E-state index >= 15 is 0 Å². The zero-order valence-corrected chi connectivity index (χ0v) is 35.6. The summed E-state index contributed by atoms with van der Waals surface area (Å²) in [7, 11) is -1.65. The fourth-order valence-electron chi connectivity index (χ4n) is 6.62. The van der Waals surface area contributed by atoms with Crippen molar-refractivity contribution in [2.24, 2.45) is 5.92 Å². The Hall–Kier alpha value is -4.31. The summed E-state index contributed by atoms with van der Waals surface area (Å²) in [4.78, 5) is 82.5. The minimum Gasteiger partial charge on any atom is -0.463 e. The Kier molecular flexibility index (Phi) is 21.2. The van der Waals surface area contributed by atoms with Gasteiger partial charge in [-0.05, 0) is 37.7 Å². The standard InChI is InChI=1S/C37H57BN3O18P/c1-22(42)41-30-33(56-25(4)45)32(55-24(3)44)29(20-52-23(2)43)58-35(30)51-18-11-7-10-16-39-36(46)40-17-12-15-27-31(59-60(48,49)50-5)28(57-34(27)38)21-54-37(47)53-19-26-13-8-6-9-14-26/h6,8-9,13-14,27-35H,7,10-12,15-21,38H2,1-5H3,(H,41,42)(H,48,49)(H2,39,40,46)/t27-,28+,29+,30+,31?,32-,33+,34+,35+/m0/s1. The fraction of sp³-hybridized carbons (Fsp3) is 0.676. The average molecular weight is 874 g/mol. The molecule has 2 saturated heterocycles. The molecule has 0 radical (unpaired) electrons. The fourth-order valence-corrected chi connectivity index (χ4v) is 7.31. The second-order valence-electron chi connectivity index (χ2n) is 14.1. The van der Waals surface area contributed by atoms with Crippen molar-refractivity contribution in [1.29, 1.82) is 0 Å². The van der Waals surface area contributed by atoms with E-state index in [0.717, 1.165) is 26.5 Å². The summed E-state index contributed by atoms with van der Waals surface area (Å²) < 4.78 is 66.6. The van der Waals surface area contributed by atoms with Crippen LogP contribution in [0, 0.1) is 5.92 Å². The molecule has 2 heterocycles. The summed E-state index contributed by atoms with van der Waals surface area (Å²) in [5.41, 5.74) is 0.768. The summed E-state index contributed by atoms with van der Waals surface area (Å²) in [6.45, 7) is 4.83. The number of urea groups is 1. The Labute approximate surface area is 349 Å². The number of phosphoric acid groups is 1. The minimum absolute atomic E-state index is 0.000562. The Morgan fingerprint density at radius 2 is 1.42 bits per heavy atom. The predicted octanol–water partition coefficient (Wildman–Crippen LogP) is 1.37. The molecule has 1 aromatic rings. The first-order valence-corrected chi connectivity index (χ1v) is 21.1. The highest BCUT2D eigenvalue weighted by Gasteiger charge is 2.51. The lowest BCUT2D eigenvalue weighted by Crippen LogP contribution is -2.66. The quantitative estimate of drug-likeness (QED) is 0.0398. The highest BCUT2D eigenvalue weighted by molar-refractivity contribution is 7.47. The number of carbonyl (C=O) groups is 6. The van der Waals surface area contributed by atoms with E-state index in [1.54, 1.807) is 32.1 Å². The van der Waals surface area contributed by atoms with Crippen molar-refractivity contribution in [1.82, 2.24) is 16.0 Å². The van der Waals surface area contributed by atoms with Gasteiger partial charge >= 0.3 is 37.9 Å². The zero-order valence-electron chi connectivity index (χ0n) is 34.7. The van der Waals surface area contributed by atoms with E-state index in [-0.39, 0.29) is 33.0 Å². The van der Waals surface area contributed by atoms with E-state index in [0.29, 0.717) is 38.6 Å². The van der Waals surface area contributed by atoms with E-state index in [2.05, 4.69) is 20.5 Å². The molecule has 2 unspecified atom stereocenters. The molecule has 0 bridgehead atoms. The lowest BCUT2D eigenvalue weighted by Gasteiger charge is -2.44. The molecule has 0 aliphatic carbocycles. The van der Waals surface area contributed by atoms with Crippen LogP contribution in [0.25, 0.3) is 0 Å². The third kappa shape index (κ3) is 17.7. The Balaban J connectivity index is 1.42. The number of amides is 3. The summed E-state index contributed by atoms with van der Waals surface area (Å²) >= 11 is 0. The maximum Gasteiger partial charge on any atom is 0.508 e. The third-order valence-electron chi connectivity index (χ3n) is 9.29. The number of phosphoric ester groups is 1. The van der Waals surface area contributed by atoms with Crippen molar-refractivity contribution >= 4 is 51.7 Å². The van der Waals surface area contributed by atoms with Crippen LogP contribution in [0.15, 0.2) is 30.3 Å². The predicted molar refractivity (Wildman–Crippen MR) is 209 cm³/mol. The molecule has 2 aliphatic rings. The largest absolute Gasteiger partial charge is 0.508 e. The molecule has 23 heteroatoms. The van der Waals surface area contributed by atoms with Crippen molar-refractivity contribution in [3.8, 4) is 0 Å². The SMILES string of the molecule is B[C@@H]1O[C@H](COC(=O)OCc2ccccc2)C(OP(=O)(O)OC)[C@@H]1CCCNC(=O)NCCCCCO[C@@H]1O[C@H](COC(C)=O)[C@H](OC(C)=O)[C@H](OC(C)=O)[C@H]1NC(C)=O. The summed E-state index contributed by atoms with van der Waals surface area (Å²) in [6.07, 6.45) is -4.91. The number of carbonyl (C=O) groups excluding carboxylic acids is 6. The average Bonchev–Trinajstić information content (AvgIpc) is 3.47. The van der Waals surface area contributed by atoms with Crippen LogP contribution in [-0.2, 0) is 77.3 Å². The number of hydrogen-bond donors (Lipinski definition) is 4. The molecular formula is C37H57BN3O18P. The maximum atomic E-state index is 12.5. The van der Waals surface area contributed by atoms with Crippen LogP contribution >= 0.6 is 7.82 Å². The van der Waals surface area contributed by atoms with Crippen molar-refractivity contribution in [2.45, 2.75) is 115 Å². The van der Waals surface area contributed by atoms with Crippen LogP contribution in [0.2, 0.25) is 0 Å². The molecule has 0 spiro atoms. The number of esters is 3. The van der Waals surface area contributed by atoms with Crippen LogP contribution in [-0.4, -0.2) is 138 Å². The lowest BCUT2D eigenvalue weighted by molar-refractivity contribution is -0.277. The summed E-state index contributed by atoms with van der Waals surface area (Å²) in [6, 6.07) is 7.09. The molecule has 0 aromatic heterocycles. The van der Waals surface area contributed by atoms with Gasteiger partial charge in [-0.15, -0.1) is 0 Å². The van der Waals surface area contributed by atoms with Gasteiger partial charge in [0.1, 0.15) is 52.0 Å². The molecule has 0 saturated carbocycles. The highest BCUT2D eigenvalue weighted by atomic mass is 31.2.